The molecule has 0 bridgehead atoms. The van der Waals surface area contributed by atoms with Gasteiger partial charge in [0.2, 0.25) is 0 Å². The number of aryl methyl sites for hydroxylation is 2. The Hall–Kier alpha value is -0.350. The van der Waals surface area contributed by atoms with Crippen LogP contribution in [0.4, 0.5) is 0 Å². The second-order valence-corrected chi connectivity index (χ2v) is 5.18. The minimum absolute atomic E-state index is 0.768. The minimum Gasteiger partial charge on any atom is -0.316 e. The highest BCUT2D eigenvalue weighted by Gasteiger charge is 2.18. The van der Waals surface area contributed by atoms with E-state index in [1.807, 2.05) is 18.7 Å². The van der Waals surface area contributed by atoms with Crippen LogP contribution in [0.2, 0.25) is 0 Å². The second kappa shape index (κ2) is 4.66. The molecule has 2 rings (SSSR count). The van der Waals surface area contributed by atoms with Crippen molar-refractivity contribution in [2.45, 2.75) is 26.2 Å². The zero-order valence-electron chi connectivity index (χ0n) is 9.39. The van der Waals surface area contributed by atoms with Gasteiger partial charge in [-0.25, -0.2) is 0 Å². The molecule has 1 N–H and O–H groups in total. The van der Waals surface area contributed by atoms with Crippen molar-refractivity contribution in [1.82, 2.24) is 15.1 Å². The van der Waals surface area contributed by atoms with E-state index in [2.05, 4.69) is 26.3 Å². The quantitative estimate of drug-likeness (QED) is 0.892. The molecule has 0 saturated carbocycles. The maximum absolute atomic E-state index is 4.43. The molecule has 3 nitrogen and oxygen atoms in total. The summed E-state index contributed by atoms with van der Waals surface area (Å²) in [5.74, 6) is 0.768. The Morgan fingerprint density at radius 3 is 2.93 bits per heavy atom. The normalized spacial score (nSPS) is 21.9. The van der Waals surface area contributed by atoms with Gasteiger partial charge in [0.05, 0.1) is 15.9 Å². The zero-order chi connectivity index (χ0) is 10.8. The summed E-state index contributed by atoms with van der Waals surface area (Å²) in [5.41, 5.74) is 2.43. The lowest BCUT2D eigenvalue weighted by atomic mass is 9.94. The molecule has 0 amide bonds. The van der Waals surface area contributed by atoms with E-state index in [0.29, 0.717) is 0 Å². The molecule has 1 unspecified atom stereocenters. The van der Waals surface area contributed by atoms with Crippen LogP contribution < -0.4 is 5.32 Å². The van der Waals surface area contributed by atoms with Crippen LogP contribution in [0, 0.1) is 12.8 Å². The Balaban J connectivity index is 2.09. The molecule has 1 saturated heterocycles. The molecule has 84 valence electrons. The Morgan fingerprint density at radius 2 is 2.40 bits per heavy atom. The summed E-state index contributed by atoms with van der Waals surface area (Å²) in [4.78, 5) is 0. The molecule has 0 radical (unpaired) electrons. The Morgan fingerprint density at radius 1 is 1.60 bits per heavy atom. The fraction of sp³-hybridized carbons (Fsp3) is 0.727. The van der Waals surface area contributed by atoms with Crippen LogP contribution in [0.3, 0.4) is 0 Å². The summed E-state index contributed by atoms with van der Waals surface area (Å²) < 4.78 is 3.20. The van der Waals surface area contributed by atoms with Crippen molar-refractivity contribution in [1.29, 1.82) is 0 Å². The lowest BCUT2D eigenvalue weighted by molar-refractivity contribution is 0.369. The van der Waals surface area contributed by atoms with Crippen LogP contribution in [0.15, 0.2) is 4.47 Å². The number of hydrogen-bond acceptors (Lipinski definition) is 2. The fourth-order valence-corrected chi connectivity index (χ4v) is 2.77. The van der Waals surface area contributed by atoms with Crippen molar-refractivity contribution >= 4 is 15.9 Å². The number of halogens is 1. The molecule has 0 aliphatic carbocycles. The van der Waals surface area contributed by atoms with E-state index in [1.165, 1.54) is 29.6 Å². The third kappa shape index (κ3) is 2.42. The molecule has 1 aromatic rings. The number of nitrogens with zero attached hydrogens (tertiary/aromatic N) is 2. The van der Waals surface area contributed by atoms with Gasteiger partial charge in [-0.1, -0.05) is 0 Å². The zero-order valence-corrected chi connectivity index (χ0v) is 11.0. The van der Waals surface area contributed by atoms with Crippen molar-refractivity contribution in [2.24, 2.45) is 13.0 Å². The van der Waals surface area contributed by atoms with Gasteiger partial charge in [0.25, 0.3) is 0 Å². The van der Waals surface area contributed by atoms with Gasteiger partial charge < -0.3 is 5.32 Å². The molecule has 1 aliphatic rings. The molecule has 1 aliphatic heterocycles. The van der Waals surface area contributed by atoms with E-state index >= 15 is 0 Å². The SMILES string of the molecule is Cc1nn(C)c(CC2CCCNC2)c1Br. The van der Waals surface area contributed by atoms with Gasteiger partial charge in [-0.3, -0.25) is 4.68 Å². The van der Waals surface area contributed by atoms with Gasteiger partial charge in [0.1, 0.15) is 0 Å². The van der Waals surface area contributed by atoms with E-state index in [0.717, 1.165) is 24.6 Å². The fourth-order valence-electron chi connectivity index (χ4n) is 2.27. The van der Waals surface area contributed by atoms with E-state index in [1.54, 1.807) is 0 Å². The standard InChI is InChI=1S/C11H18BrN3/c1-8-11(12)10(15(2)14-8)6-9-4-3-5-13-7-9/h9,13H,3-7H2,1-2H3. The van der Waals surface area contributed by atoms with Gasteiger partial charge in [0.15, 0.2) is 0 Å². The van der Waals surface area contributed by atoms with Crippen LogP contribution in [0.25, 0.3) is 0 Å². The summed E-state index contributed by atoms with van der Waals surface area (Å²) in [6.45, 7) is 4.38. The van der Waals surface area contributed by atoms with Crippen molar-refractivity contribution in [3.63, 3.8) is 0 Å². The first-order chi connectivity index (χ1) is 7.18. The topological polar surface area (TPSA) is 29.9 Å². The monoisotopic (exact) mass is 271 g/mol. The lowest BCUT2D eigenvalue weighted by Crippen LogP contribution is -2.31. The largest absolute Gasteiger partial charge is 0.316 e. The van der Waals surface area contributed by atoms with Crippen molar-refractivity contribution < 1.29 is 0 Å². The van der Waals surface area contributed by atoms with Crippen molar-refractivity contribution in [3.8, 4) is 0 Å². The summed E-state index contributed by atoms with van der Waals surface area (Å²) >= 11 is 3.62. The number of nitrogens with one attached hydrogen (secondary N) is 1. The number of piperidine rings is 1. The van der Waals surface area contributed by atoms with E-state index < -0.39 is 0 Å². The Kier molecular flexibility index (Phi) is 3.46. The molecular weight excluding hydrogens is 254 g/mol. The molecular formula is C11H18BrN3. The second-order valence-electron chi connectivity index (χ2n) is 4.39. The smallest absolute Gasteiger partial charge is 0.0738 e. The van der Waals surface area contributed by atoms with Gasteiger partial charge in [-0.2, -0.15) is 5.10 Å². The van der Waals surface area contributed by atoms with Crippen molar-refractivity contribution in [3.05, 3.63) is 15.9 Å². The van der Waals surface area contributed by atoms with Crippen LogP contribution in [0.5, 0.6) is 0 Å². The average molecular weight is 272 g/mol. The molecule has 1 aromatic heterocycles. The minimum atomic E-state index is 0.768. The highest BCUT2D eigenvalue weighted by atomic mass is 79.9. The average Bonchev–Trinajstić information content (AvgIpc) is 2.47. The predicted molar refractivity (Wildman–Crippen MR) is 64.9 cm³/mol. The maximum atomic E-state index is 4.43. The molecule has 1 fully saturated rings. The molecule has 2 heterocycles. The summed E-state index contributed by atoms with van der Waals surface area (Å²) in [7, 11) is 2.03. The van der Waals surface area contributed by atoms with E-state index in [-0.39, 0.29) is 0 Å². The van der Waals surface area contributed by atoms with Crippen LogP contribution in [0.1, 0.15) is 24.2 Å². The third-order valence-corrected chi connectivity index (χ3v) is 4.17. The Bertz CT molecular complexity index is 340. The number of hydrogen-bond donors (Lipinski definition) is 1. The van der Waals surface area contributed by atoms with Gasteiger partial charge in [0, 0.05) is 7.05 Å². The predicted octanol–water partition coefficient (Wildman–Crippen LogP) is 2.03. The molecule has 0 aromatic carbocycles. The van der Waals surface area contributed by atoms with E-state index in [4.69, 9.17) is 0 Å². The molecule has 4 heteroatoms. The highest BCUT2D eigenvalue weighted by molar-refractivity contribution is 9.10. The van der Waals surface area contributed by atoms with Crippen LogP contribution in [-0.2, 0) is 13.5 Å². The third-order valence-electron chi connectivity index (χ3n) is 3.14. The van der Waals surface area contributed by atoms with Gasteiger partial charge in [-0.15, -0.1) is 0 Å². The van der Waals surface area contributed by atoms with Crippen LogP contribution >= 0.6 is 15.9 Å². The van der Waals surface area contributed by atoms with Gasteiger partial charge in [-0.05, 0) is 61.1 Å². The highest BCUT2D eigenvalue weighted by Crippen LogP contribution is 2.25. The summed E-state index contributed by atoms with van der Waals surface area (Å²) in [6, 6.07) is 0. The first kappa shape index (κ1) is 11.1. The summed E-state index contributed by atoms with van der Waals surface area (Å²) in [5, 5.41) is 7.88. The Labute approximate surface area is 99.4 Å². The number of rotatable bonds is 2. The summed E-state index contributed by atoms with van der Waals surface area (Å²) in [6.07, 6.45) is 3.77. The first-order valence-electron chi connectivity index (χ1n) is 5.57. The number of aromatic nitrogens is 2. The maximum Gasteiger partial charge on any atom is 0.0738 e. The van der Waals surface area contributed by atoms with Gasteiger partial charge >= 0.3 is 0 Å². The van der Waals surface area contributed by atoms with E-state index in [9.17, 15) is 0 Å². The van der Waals surface area contributed by atoms with Crippen molar-refractivity contribution in [2.75, 3.05) is 13.1 Å². The lowest BCUT2D eigenvalue weighted by Gasteiger charge is -2.22. The van der Waals surface area contributed by atoms with Crippen LogP contribution in [-0.4, -0.2) is 22.9 Å². The molecule has 1 atom stereocenters. The first-order valence-corrected chi connectivity index (χ1v) is 6.36. The molecule has 0 spiro atoms. The molecule has 15 heavy (non-hydrogen) atoms.